The lowest BCUT2D eigenvalue weighted by atomic mass is 9.88. The lowest BCUT2D eigenvalue weighted by Crippen LogP contribution is -2.18. The first-order valence-corrected chi connectivity index (χ1v) is 6.82. The zero-order valence-corrected chi connectivity index (χ0v) is 10.4. The van der Waals surface area contributed by atoms with Crippen LogP contribution in [0, 0.1) is 11.8 Å². The third kappa shape index (κ3) is 3.96. The van der Waals surface area contributed by atoms with Crippen LogP contribution >= 0.6 is 0 Å². The Morgan fingerprint density at radius 1 is 1.13 bits per heavy atom. The molecular weight excluding hydrogens is 184 g/mol. The van der Waals surface area contributed by atoms with Gasteiger partial charge in [-0.3, -0.25) is 4.79 Å². The first-order valence-electron chi connectivity index (χ1n) is 6.82. The molecule has 0 saturated heterocycles. The van der Waals surface area contributed by atoms with Crippen LogP contribution in [0.3, 0.4) is 0 Å². The monoisotopic (exact) mass is 210 g/mol. The summed E-state index contributed by atoms with van der Waals surface area (Å²) in [4.78, 5) is 12.0. The van der Waals surface area contributed by atoms with Gasteiger partial charge in [0.05, 0.1) is 0 Å². The van der Waals surface area contributed by atoms with Crippen molar-refractivity contribution in [3.63, 3.8) is 0 Å². The van der Waals surface area contributed by atoms with Crippen molar-refractivity contribution >= 4 is 5.78 Å². The summed E-state index contributed by atoms with van der Waals surface area (Å²) in [6.07, 6.45) is 10.7. The summed E-state index contributed by atoms with van der Waals surface area (Å²) in [5, 5.41) is 0. The minimum absolute atomic E-state index is 0.427. The predicted octanol–water partition coefficient (Wildman–Crippen LogP) is 4.35. The highest BCUT2D eigenvalue weighted by Crippen LogP contribution is 2.35. The lowest BCUT2D eigenvalue weighted by molar-refractivity contribution is -0.124. The normalized spacial score (nSPS) is 25.7. The molecule has 0 heterocycles. The summed E-state index contributed by atoms with van der Waals surface area (Å²) >= 11 is 0. The molecule has 1 heteroatoms. The van der Waals surface area contributed by atoms with Gasteiger partial charge in [0.15, 0.2) is 0 Å². The number of Topliss-reactive ketones (excluding diaryl/α,β-unsaturated/α-hetero) is 1. The fourth-order valence-electron chi connectivity index (χ4n) is 2.86. The second-order valence-electron chi connectivity index (χ2n) is 4.98. The molecule has 0 N–H and O–H groups in total. The van der Waals surface area contributed by atoms with E-state index in [2.05, 4.69) is 13.8 Å². The second kappa shape index (κ2) is 7.03. The third-order valence-electron chi connectivity index (χ3n) is 3.87. The van der Waals surface area contributed by atoms with E-state index in [9.17, 15) is 4.79 Å². The van der Waals surface area contributed by atoms with E-state index in [1.54, 1.807) is 0 Å². The van der Waals surface area contributed by atoms with Gasteiger partial charge < -0.3 is 0 Å². The summed E-state index contributed by atoms with van der Waals surface area (Å²) in [5.41, 5.74) is 0. The lowest BCUT2D eigenvalue weighted by Gasteiger charge is -2.16. The molecule has 88 valence electrons. The van der Waals surface area contributed by atoms with Crippen molar-refractivity contribution < 1.29 is 4.79 Å². The molecule has 1 aliphatic rings. The fourth-order valence-corrected chi connectivity index (χ4v) is 2.86. The first-order chi connectivity index (χ1) is 7.29. The summed E-state index contributed by atoms with van der Waals surface area (Å²) in [6.45, 7) is 4.44. The van der Waals surface area contributed by atoms with Gasteiger partial charge in [0.2, 0.25) is 0 Å². The van der Waals surface area contributed by atoms with Crippen molar-refractivity contribution in [2.45, 2.75) is 71.6 Å². The molecule has 0 amide bonds. The summed E-state index contributed by atoms with van der Waals surface area (Å²) in [7, 11) is 0. The van der Waals surface area contributed by atoms with Gasteiger partial charge in [-0.2, -0.15) is 0 Å². The quantitative estimate of drug-likeness (QED) is 0.571. The molecule has 0 unspecified atom stereocenters. The molecule has 0 spiro atoms. The Hall–Kier alpha value is -0.330. The van der Waals surface area contributed by atoms with E-state index in [0.29, 0.717) is 17.6 Å². The van der Waals surface area contributed by atoms with Gasteiger partial charge in [-0.25, -0.2) is 0 Å². The van der Waals surface area contributed by atoms with Crippen LogP contribution in [0.5, 0.6) is 0 Å². The molecule has 0 aromatic heterocycles. The van der Waals surface area contributed by atoms with E-state index in [0.717, 1.165) is 12.8 Å². The van der Waals surface area contributed by atoms with Crippen molar-refractivity contribution in [2.24, 2.45) is 11.8 Å². The Bertz CT molecular complexity index is 186. The average molecular weight is 210 g/mol. The van der Waals surface area contributed by atoms with Crippen LogP contribution in [0.2, 0.25) is 0 Å². The molecule has 1 nitrogen and oxygen atoms in total. The zero-order chi connectivity index (χ0) is 11.1. The molecule has 0 aromatic rings. The standard InChI is InChI=1S/C14H26O/c1-3-5-6-7-11-14(15)13-10-8-9-12(13)4-2/h12-13H,3-11H2,1-2H3/t12-,13-/m1/s1. The number of carbonyl (C=O) groups excluding carboxylic acids is 1. The molecule has 0 radical (unpaired) electrons. The maximum absolute atomic E-state index is 12.0. The highest BCUT2D eigenvalue weighted by Gasteiger charge is 2.30. The molecule has 2 atom stereocenters. The van der Waals surface area contributed by atoms with E-state index < -0.39 is 0 Å². The number of unbranched alkanes of at least 4 members (excludes halogenated alkanes) is 3. The minimum Gasteiger partial charge on any atom is -0.299 e. The molecule has 1 rings (SSSR count). The molecule has 0 aliphatic heterocycles. The van der Waals surface area contributed by atoms with E-state index in [4.69, 9.17) is 0 Å². The van der Waals surface area contributed by atoms with Crippen LogP contribution in [0.4, 0.5) is 0 Å². The van der Waals surface area contributed by atoms with Crippen molar-refractivity contribution in [3.05, 3.63) is 0 Å². The predicted molar refractivity (Wildman–Crippen MR) is 64.9 cm³/mol. The first kappa shape index (κ1) is 12.7. The fraction of sp³-hybridized carbons (Fsp3) is 0.929. The molecule has 1 saturated carbocycles. The highest BCUT2D eigenvalue weighted by atomic mass is 16.1. The van der Waals surface area contributed by atoms with Gasteiger partial charge in [-0.05, 0) is 25.2 Å². The minimum atomic E-state index is 0.427. The van der Waals surface area contributed by atoms with Crippen LogP contribution in [0.1, 0.15) is 71.6 Å². The zero-order valence-electron chi connectivity index (χ0n) is 10.4. The third-order valence-corrected chi connectivity index (χ3v) is 3.87. The van der Waals surface area contributed by atoms with E-state index in [-0.39, 0.29) is 0 Å². The Kier molecular flexibility index (Phi) is 5.97. The summed E-state index contributed by atoms with van der Waals surface area (Å²) < 4.78 is 0. The Balaban J connectivity index is 2.21. The van der Waals surface area contributed by atoms with Crippen molar-refractivity contribution in [3.8, 4) is 0 Å². The smallest absolute Gasteiger partial charge is 0.136 e. The van der Waals surface area contributed by atoms with E-state index >= 15 is 0 Å². The molecule has 0 aromatic carbocycles. The van der Waals surface area contributed by atoms with Crippen LogP contribution in [0.15, 0.2) is 0 Å². The molecule has 0 bridgehead atoms. The SMILES string of the molecule is CCCCCCC(=O)[C@@H]1CCC[C@H]1CC. The maximum Gasteiger partial charge on any atom is 0.136 e. The van der Waals surface area contributed by atoms with E-state index in [1.165, 1.54) is 44.9 Å². The average Bonchev–Trinajstić information content (AvgIpc) is 2.72. The number of ketones is 1. The molecule has 1 aliphatic carbocycles. The highest BCUT2D eigenvalue weighted by molar-refractivity contribution is 5.81. The number of hydrogen-bond donors (Lipinski definition) is 0. The number of rotatable bonds is 7. The Labute approximate surface area is 94.6 Å². The summed E-state index contributed by atoms with van der Waals surface area (Å²) in [5.74, 6) is 1.70. The largest absolute Gasteiger partial charge is 0.299 e. The number of hydrogen-bond acceptors (Lipinski definition) is 1. The molecule has 1 fully saturated rings. The second-order valence-corrected chi connectivity index (χ2v) is 4.98. The topological polar surface area (TPSA) is 17.1 Å². The number of carbonyl (C=O) groups is 1. The maximum atomic E-state index is 12.0. The van der Waals surface area contributed by atoms with Crippen molar-refractivity contribution in [2.75, 3.05) is 0 Å². The van der Waals surface area contributed by atoms with E-state index in [1.807, 2.05) is 0 Å². The van der Waals surface area contributed by atoms with Gasteiger partial charge in [0.1, 0.15) is 5.78 Å². The van der Waals surface area contributed by atoms with Gasteiger partial charge in [0.25, 0.3) is 0 Å². The van der Waals surface area contributed by atoms with Crippen LogP contribution in [-0.4, -0.2) is 5.78 Å². The van der Waals surface area contributed by atoms with Crippen LogP contribution in [-0.2, 0) is 4.79 Å². The summed E-state index contributed by atoms with van der Waals surface area (Å²) in [6, 6.07) is 0. The van der Waals surface area contributed by atoms with Crippen LogP contribution < -0.4 is 0 Å². The Morgan fingerprint density at radius 2 is 1.93 bits per heavy atom. The van der Waals surface area contributed by atoms with Gasteiger partial charge >= 0.3 is 0 Å². The van der Waals surface area contributed by atoms with Gasteiger partial charge in [0, 0.05) is 12.3 Å². The Morgan fingerprint density at radius 3 is 2.60 bits per heavy atom. The molecule has 15 heavy (non-hydrogen) atoms. The van der Waals surface area contributed by atoms with Crippen LogP contribution in [0.25, 0.3) is 0 Å². The van der Waals surface area contributed by atoms with Crippen molar-refractivity contribution in [1.82, 2.24) is 0 Å². The van der Waals surface area contributed by atoms with Gasteiger partial charge in [-0.1, -0.05) is 46.0 Å². The molecular formula is C14H26O. The van der Waals surface area contributed by atoms with Gasteiger partial charge in [-0.15, -0.1) is 0 Å². The van der Waals surface area contributed by atoms with Crippen molar-refractivity contribution in [1.29, 1.82) is 0 Å².